The van der Waals surface area contributed by atoms with Crippen LogP contribution in [0.15, 0.2) is 36.4 Å². The van der Waals surface area contributed by atoms with Crippen molar-refractivity contribution in [2.45, 2.75) is 64.9 Å². The van der Waals surface area contributed by atoms with E-state index in [2.05, 4.69) is 6.92 Å². The summed E-state index contributed by atoms with van der Waals surface area (Å²) in [6.45, 7) is 4.64. The maximum absolute atomic E-state index is 12.4. The van der Waals surface area contributed by atoms with Gasteiger partial charge in [0, 0.05) is 6.08 Å². The number of unbranched alkanes of at least 4 members (excludes halogenated alkanes) is 2. The summed E-state index contributed by atoms with van der Waals surface area (Å²) in [4.78, 5) is 23.8. The number of rotatable bonds is 9. The molecule has 148 valence electrons. The highest BCUT2D eigenvalue weighted by molar-refractivity contribution is 5.82. The van der Waals surface area contributed by atoms with Gasteiger partial charge in [0.05, 0.1) is 12.5 Å². The fraction of sp³-hybridized carbons (Fsp3) is 0.545. The molecule has 2 rings (SSSR count). The molecular formula is C22H30O5. The minimum Gasteiger partial charge on any atom is -0.494 e. The lowest BCUT2D eigenvalue weighted by Gasteiger charge is -2.26. The van der Waals surface area contributed by atoms with E-state index in [0.29, 0.717) is 38.0 Å². The zero-order chi connectivity index (χ0) is 19.5. The van der Waals surface area contributed by atoms with E-state index in [9.17, 15) is 9.59 Å². The molecule has 0 heterocycles. The molecule has 27 heavy (non-hydrogen) atoms. The summed E-state index contributed by atoms with van der Waals surface area (Å²) in [5.41, 5.74) is 0. The lowest BCUT2D eigenvalue weighted by Crippen LogP contribution is -2.29. The van der Waals surface area contributed by atoms with Crippen LogP contribution in [0.2, 0.25) is 0 Å². The molecule has 0 aliphatic heterocycles. The van der Waals surface area contributed by atoms with Crippen LogP contribution >= 0.6 is 0 Å². The Bertz CT molecular complexity index is 612. The third-order valence-corrected chi connectivity index (χ3v) is 4.65. The summed E-state index contributed by atoms with van der Waals surface area (Å²) >= 11 is 0. The Morgan fingerprint density at radius 1 is 1.04 bits per heavy atom. The van der Waals surface area contributed by atoms with Gasteiger partial charge in [-0.3, -0.25) is 4.79 Å². The predicted octanol–water partition coefficient (Wildman–Crippen LogP) is 4.84. The first-order valence-corrected chi connectivity index (χ1v) is 9.90. The predicted molar refractivity (Wildman–Crippen MR) is 104 cm³/mol. The van der Waals surface area contributed by atoms with Gasteiger partial charge in [0.15, 0.2) is 0 Å². The number of allylic oxidation sites excluding steroid dienone is 1. The van der Waals surface area contributed by atoms with Crippen LogP contribution < -0.4 is 9.47 Å². The first-order chi connectivity index (χ1) is 13.1. The topological polar surface area (TPSA) is 61.8 Å². The molecule has 1 aromatic rings. The van der Waals surface area contributed by atoms with Crippen LogP contribution in [0.4, 0.5) is 0 Å². The van der Waals surface area contributed by atoms with Crippen LogP contribution in [0, 0.1) is 5.92 Å². The Kier molecular flexibility index (Phi) is 8.89. The highest BCUT2D eigenvalue weighted by Crippen LogP contribution is 2.28. The van der Waals surface area contributed by atoms with Crippen LogP contribution in [0.5, 0.6) is 11.5 Å². The summed E-state index contributed by atoms with van der Waals surface area (Å²) in [6, 6.07) is 7.17. The van der Waals surface area contributed by atoms with E-state index in [1.54, 1.807) is 25.1 Å². The van der Waals surface area contributed by atoms with Gasteiger partial charge in [-0.1, -0.05) is 25.8 Å². The Hall–Kier alpha value is -2.30. The van der Waals surface area contributed by atoms with Gasteiger partial charge in [-0.15, -0.1) is 0 Å². The Morgan fingerprint density at radius 2 is 1.70 bits per heavy atom. The first-order valence-electron chi connectivity index (χ1n) is 9.90. The maximum atomic E-state index is 12.4. The van der Waals surface area contributed by atoms with E-state index in [-0.39, 0.29) is 24.0 Å². The molecule has 0 bridgehead atoms. The van der Waals surface area contributed by atoms with Crippen molar-refractivity contribution in [1.29, 1.82) is 0 Å². The molecule has 0 N–H and O–H groups in total. The van der Waals surface area contributed by atoms with Gasteiger partial charge in [-0.2, -0.15) is 0 Å². The van der Waals surface area contributed by atoms with Crippen molar-refractivity contribution in [1.82, 2.24) is 0 Å². The molecule has 1 saturated carbocycles. The monoisotopic (exact) mass is 374 g/mol. The fourth-order valence-electron chi connectivity index (χ4n) is 3.10. The van der Waals surface area contributed by atoms with Gasteiger partial charge in [0.25, 0.3) is 0 Å². The van der Waals surface area contributed by atoms with Crippen LogP contribution in [0.1, 0.15) is 58.8 Å². The van der Waals surface area contributed by atoms with Crippen LogP contribution in [-0.2, 0) is 14.3 Å². The SMILES string of the molecule is C/C=C/C(=O)OC1CCC(C(=O)Oc2ccc(OCCCCC)cc2)CC1. The first kappa shape index (κ1) is 21.0. The Morgan fingerprint density at radius 3 is 2.33 bits per heavy atom. The lowest BCUT2D eigenvalue weighted by molar-refractivity contribution is -0.147. The van der Waals surface area contributed by atoms with Crippen molar-refractivity contribution in [2.75, 3.05) is 6.61 Å². The molecule has 0 aromatic heterocycles. The third-order valence-electron chi connectivity index (χ3n) is 4.65. The molecule has 0 amide bonds. The number of benzene rings is 1. The smallest absolute Gasteiger partial charge is 0.330 e. The standard InChI is InChI=1S/C22H30O5/c1-3-5-6-16-25-18-12-14-20(15-13-18)27-22(24)17-8-10-19(11-9-17)26-21(23)7-4-2/h4,7,12-15,17,19H,3,5-6,8-11,16H2,1-2H3/b7-4+. The average molecular weight is 374 g/mol. The normalized spacial score (nSPS) is 19.6. The molecule has 5 heteroatoms. The molecule has 0 atom stereocenters. The van der Waals surface area contributed by atoms with E-state index in [1.165, 1.54) is 12.5 Å². The molecule has 0 spiro atoms. The summed E-state index contributed by atoms with van der Waals surface area (Å²) in [7, 11) is 0. The van der Waals surface area contributed by atoms with Crippen LogP contribution in [-0.4, -0.2) is 24.6 Å². The second-order valence-electron chi connectivity index (χ2n) is 6.86. The summed E-state index contributed by atoms with van der Waals surface area (Å²) in [6.07, 6.45) is 9.05. The summed E-state index contributed by atoms with van der Waals surface area (Å²) < 4.78 is 16.5. The second kappa shape index (κ2) is 11.4. The molecule has 5 nitrogen and oxygen atoms in total. The van der Waals surface area contributed by atoms with Crippen molar-refractivity contribution in [3.63, 3.8) is 0 Å². The van der Waals surface area contributed by atoms with E-state index < -0.39 is 0 Å². The van der Waals surface area contributed by atoms with Crippen LogP contribution in [0.25, 0.3) is 0 Å². The van der Waals surface area contributed by atoms with Crippen LogP contribution in [0.3, 0.4) is 0 Å². The van der Waals surface area contributed by atoms with Gasteiger partial charge in [-0.25, -0.2) is 4.79 Å². The minimum atomic E-state index is -0.319. The number of esters is 2. The molecule has 0 saturated heterocycles. The quantitative estimate of drug-likeness (QED) is 0.268. The lowest BCUT2D eigenvalue weighted by atomic mass is 9.87. The average Bonchev–Trinajstić information content (AvgIpc) is 2.67. The largest absolute Gasteiger partial charge is 0.494 e. The Balaban J connectivity index is 1.73. The second-order valence-corrected chi connectivity index (χ2v) is 6.86. The molecule has 1 fully saturated rings. The zero-order valence-electron chi connectivity index (χ0n) is 16.3. The zero-order valence-corrected chi connectivity index (χ0v) is 16.3. The fourth-order valence-corrected chi connectivity index (χ4v) is 3.10. The molecular weight excluding hydrogens is 344 g/mol. The van der Waals surface area contributed by atoms with Gasteiger partial charge in [-0.05, 0) is 63.3 Å². The van der Waals surface area contributed by atoms with Crippen molar-refractivity contribution in [3.05, 3.63) is 36.4 Å². The summed E-state index contributed by atoms with van der Waals surface area (Å²) in [5, 5.41) is 0. The van der Waals surface area contributed by atoms with Gasteiger partial charge < -0.3 is 14.2 Å². The molecule has 1 aromatic carbocycles. The number of hydrogen-bond acceptors (Lipinski definition) is 5. The highest BCUT2D eigenvalue weighted by Gasteiger charge is 2.29. The number of carbonyl (C=O) groups excluding carboxylic acids is 2. The minimum absolute atomic E-state index is 0.109. The van der Waals surface area contributed by atoms with Gasteiger partial charge in [0.1, 0.15) is 17.6 Å². The van der Waals surface area contributed by atoms with Crippen molar-refractivity contribution in [2.24, 2.45) is 5.92 Å². The number of hydrogen-bond donors (Lipinski definition) is 0. The van der Waals surface area contributed by atoms with E-state index in [0.717, 1.165) is 18.6 Å². The maximum Gasteiger partial charge on any atom is 0.330 e. The van der Waals surface area contributed by atoms with E-state index in [4.69, 9.17) is 14.2 Å². The number of ether oxygens (including phenoxy) is 3. The summed E-state index contributed by atoms with van der Waals surface area (Å²) in [5.74, 6) is 0.633. The van der Waals surface area contributed by atoms with Gasteiger partial charge in [0.2, 0.25) is 0 Å². The van der Waals surface area contributed by atoms with Crippen molar-refractivity contribution < 1.29 is 23.8 Å². The highest BCUT2D eigenvalue weighted by atomic mass is 16.5. The molecule has 0 unspecified atom stereocenters. The van der Waals surface area contributed by atoms with Crippen molar-refractivity contribution >= 4 is 11.9 Å². The van der Waals surface area contributed by atoms with Gasteiger partial charge >= 0.3 is 11.9 Å². The molecule has 0 radical (unpaired) electrons. The molecule has 1 aliphatic carbocycles. The third kappa shape index (κ3) is 7.45. The molecule has 1 aliphatic rings. The number of carbonyl (C=O) groups is 2. The van der Waals surface area contributed by atoms with E-state index >= 15 is 0 Å². The van der Waals surface area contributed by atoms with Crippen molar-refractivity contribution in [3.8, 4) is 11.5 Å². The van der Waals surface area contributed by atoms with E-state index in [1.807, 2.05) is 12.1 Å². The Labute approximate surface area is 161 Å².